The smallest absolute Gasteiger partial charge is 0.419 e. The predicted molar refractivity (Wildman–Crippen MR) is 299 cm³/mol. The first-order valence-electron chi connectivity index (χ1n) is 29.4. The van der Waals surface area contributed by atoms with Gasteiger partial charge < -0.3 is 53.4 Å². The Kier molecular flexibility index (Phi) is 24.0. The molecule has 81 heavy (non-hydrogen) atoms. The lowest BCUT2D eigenvalue weighted by Crippen LogP contribution is -2.70. The van der Waals surface area contributed by atoms with Crippen molar-refractivity contribution in [2.45, 2.75) is 218 Å². The van der Waals surface area contributed by atoms with Crippen LogP contribution in [0.3, 0.4) is 0 Å². The Morgan fingerprint density at radius 2 is 1.48 bits per heavy atom. The number of Topliss-reactive ketones (excluding diaryl/α,β-unsaturated/α-hetero) is 2. The molecule has 4 aliphatic heterocycles. The molecule has 0 radical (unpaired) electrons. The summed E-state index contributed by atoms with van der Waals surface area (Å²) in [6.45, 7) is 37.4. The van der Waals surface area contributed by atoms with Gasteiger partial charge in [0.15, 0.2) is 0 Å². The van der Waals surface area contributed by atoms with Crippen molar-refractivity contribution in [2.75, 3.05) is 41.1 Å². The van der Waals surface area contributed by atoms with Crippen molar-refractivity contribution in [3.05, 3.63) is 58.3 Å². The van der Waals surface area contributed by atoms with Crippen LogP contribution in [0, 0.1) is 60.5 Å². The van der Waals surface area contributed by atoms with Crippen LogP contribution in [0.15, 0.2) is 35.5 Å². The molecule has 6 rings (SSSR count). The Labute approximate surface area is 480 Å². The normalized spacial score (nSPS) is 40.0. The second-order valence-corrected chi connectivity index (χ2v) is 24.0. The third-order valence-electron chi connectivity index (χ3n) is 18.8. The van der Waals surface area contributed by atoms with Crippen molar-refractivity contribution in [2.24, 2.45) is 47.3 Å². The van der Waals surface area contributed by atoms with Crippen LogP contribution in [0.4, 0.5) is 0 Å². The molecule has 2 aliphatic carbocycles. The molecule has 4 fully saturated rings. The van der Waals surface area contributed by atoms with E-state index < -0.39 is 125 Å². The summed E-state index contributed by atoms with van der Waals surface area (Å²) in [5, 5.41) is 34.9. The molecule has 6 aliphatic rings. The van der Waals surface area contributed by atoms with Crippen molar-refractivity contribution in [3.8, 4) is 0 Å². The highest BCUT2D eigenvalue weighted by atomic mass is 16.6. The number of aliphatic hydroxyl groups excluding tert-OH is 2. The maximum absolute atomic E-state index is 14.8. The summed E-state index contributed by atoms with van der Waals surface area (Å²) in [5.41, 5.74) is -3.49. The molecule has 3 N–H and O–H groups in total. The number of amides is 1. The number of esters is 3. The molecule has 2 saturated carbocycles. The van der Waals surface area contributed by atoms with Gasteiger partial charge in [-0.1, -0.05) is 53.3 Å². The zero-order valence-corrected chi connectivity index (χ0v) is 50.1. The van der Waals surface area contributed by atoms with E-state index >= 15 is 0 Å². The van der Waals surface area contributed by atoms with Gasteiger partial charge in [-0.3, -0.25) is 24.1 Å². The monoisotopic (exact) mass is 1140 g/mol. The van der Waals surface area contributed by atoms with Crippen LogP contribution < -0.4 is 0 Å². The summed E-state index contributed by atoms with van der Waals surface area (Å²) in [6, 6.07) is -1.22. The van der Waals surface area contributed by atoms with E-state index in [9.17, 15) is 44.1 Å². The number of ether oxygens (including phenoxy) is 7. The van der Waals surface area contributed by atoms with E-state index in [-0.39, 0.29) is 88.4 Å². The third-order valence-corrected chi connectivity index (χ3v) is 18.8. The largest absolute Gasteiger partial charge is 0.460 e. The molecule has 19 atom stereocenters. The van der Waals surface area contributed by atoms with Gasteiger partial charge in [-0.25, -0.2) is 27.5 Å². The number of carbonyl (C=O) groups is 6. The Morgan fingerprint density at radius 1 is 0.827 bits per heavy atom. The topological polar surface area (TPSA) is 240 Å². The van der Waals surface area contributed by atoms with Crippen molar-refractivity contribution in [1.29, 1.82) is 0 Å². The van der Waals surface area contributed by atoms with Gasteiger partial charge in [0, 0.05) is 52.6 Å². The number of aliphatic hydroxyl groups is 3. The Balaban J connectivity index is 1.64. The van der Waals surface area contributed by atoms with Gasteiger partial charge in [0.2, 0.25) is 5.79 Å². The second-order valence-electron chi connectivity index (χ2n) is 24.0. The summed E-state index contributed by atoms with van der Waals surface area (Å²) in [4.78, 5) is 96.9. The summed E-state index contributed by atoms with van der Waals surface area (Å²) in [5.74, 6) is -13.1. The average Bonchev–Trinajstić information content (AvgIpc) is 3.64. The van der Waals surface area contributed by atoms with Crippen molar-refractivity contribution >= 4 is 35.4 Å². The zero-order chi connectivity index (χ0) is 60.3. The van der Waals surface area contributed by atoms with Gasteiger partial charge >= 0.3 is 29.0 Å². The molecule has 2 saturated heterocycles. The fourth-order valence-electron chi connectivity index (χ4n) is 13.9. The Hall–Kier alpha value is -4.86. The molecule has 0 aromatic carbocycles. The van der Waals surface area contributed by atoms with Gasteiger partial charge in [0.25, 0.3) is 11.7 Å². The molecular weight excluding hydrogens is 1040 g/mol. The van der Waals surface area contributed by atoms with E-state index in [4.69, 9.17) is 46.3 Å². The van der Waals surface area contributed by atoms with Crippen LogP contribution in [0.1, 0.15) is 152 Å². The number of nitrogens with zero attached hydrogens (tertiary/aromatic N) is 3. The highest BCUT2D eigenvalue weighted by molar-refractivity contribution is 6.39. The molecule has 1 amide bonds. The summed E-state index contributed by atoms with van der Waals surface area (Å²) < 4.78 is 41.5. The van der Waals surface area contributed by atoms with Crippen molar-refractivity contribution < 1.29 is 77.2 Å². The minimum atomic E-state index is -2.62. The van der Waals surface area contributed by atoms with Crippen LogP contribution in [-0.4, -0.2) is 162 Å². The number of carbonyl (C=O) groups excluding carboxylic acids is 6. The SMILES string of the molecule is [C-]#[N+]C1(C(=O)OCC)C2/C=C(\C)C(OC)CC3CCC(C)C(O)(O3)C(=O)C(=O)N3CCCCC3C(=O)OC(C(C)CC3CCC(O)C(OC)C3)CC(=O)C(C)/C=C(\C)C(O)C(OC)C(=C)C(C)CC(C)C(CC2)C1([N+]#[C-])C(=O)OCC. The minimum Gasteiger partial charge on any atom is -0.460 e. The predicted octanol–water partition coefficient (Wildman–Crippen LogP) is 7.52. The van der Waals surface area contributed by atoms with E-state index in [1.807, 2.05) is 20.8 Å². The molecule has 0 aromatic rings. The fraction of sp³-hybridized carbons (Fsp3) is 0.774. The van der Waals surface area contributed by atoms with Crippen LogP contribution in [0.5, 0.6) is 0 Å². The van der Waals surface area contributed by atoms with Gasteiger partial charge in [-0.15, -0.1) is 0 Å². The molecule has 0 aromatic heterocycles. The Morgan fingerprint density at radius 3 is 2.09 bits per heavy atom. The standard InChI is InChI=1S/C62H93N3O16/c1-16-78-58(72)60(63-11)44-23-25-46(61(60,64-12)59(73)79-17-2)36(4)28-35(3)42(10)54(77-15)53(68)40(8)29-37(5)49(67)34-51(38(6)30-43-22-26-48(66)52(32-43)76-14)80-57(71)47-20-18-19-27-65(47)56(70)55(69)62(74)41(9)21-24-45(81-62)33-50(75-13)39(7)31-44/h29,31,35-38,41,43-48,50-54,66,68,74H,10,16-28,30,32-34H2,1-9,13-15H3/b39-31+,40-29+. The number of fused-ring (bicyclic) bond motifs is 17. The Bertz CT molecular complexity index is 2410. The first-order valence-corrected chi connectivity index (χ1v) is 29.4. The van der Waals surface area contributed by atoms with Crippen LogP contribution in [0.25, 0.3) is 9.69 Å². The first kappa shape index (κ1) is 66.9. The van der Waals surface area contributed by atoms with E-state index in [0.717, 1.165) is 4.90 Å². The second kappa shape index (κ2) is 29.1. The van der Waals surface area contributed by atoms with E-state index in [2.05, 4.69) is 16.3 Å². The molecule has 19 heteroatoms. The lowest BCUT2D eigenvalue weighted by molar-refractivity contribution is -0.265. The molecule has 19 unspecified atom stereocenters. The molecule has 4 heterocycles. The molecular formula is C62H93N3O16. The minimum absolute atomic E-state index is 0.0106. The number of allylic oxidation sites excluding steroid dienone is 1. The zero-order valence-electron chi connectivity index (χ0n) is 50.1. The number of rotatable bonds is 10. The third kappa shape index (κ3) is 14.1. The van der Waals surface area contributed by atoms with Crippen LogP contribution in [-0.2, 0) is 61.9 Å². The highest BCUT2D eigenvalue weighted by Crippen LogP contribution is 2.56. The van der Waals surface area contributed by atoms with E-state index in [1.165, 1.54) is 14.2 Å². The van der Waals surface area contributed by atoms with Gasteiger partial charge in [-0.2, -0.15) is 0 Å². The van der Waals surface area contributed by atoms with Crippen molar-refractivity contribution in [3.63, 3.8) is 0 Å². The summed E-state index contributed by atoms with van der Waals surface area (Å²) in [6.07, 6.45) is 1.84. The molecule has 19 nitrogen and oxygen atoms in total. The highest BCUT2D eigenvalue weighted by Gasteiger charge is 2.84. The summed E-state index contributed by atoms with van der Waals surface area (Å²) in [7, 11) is 4.43. The maximum atomic E-state index is 14.8. The maximum Gasteiger partial charge on any atom is 0.419 e. The lowest BCUT2D eigenvalue weighted by Gasteiger charge is -2.44. The fourth-order valence-corrected chi connectivity index (χ4v) is 13.9. The van der Waals surface area contributed by atoms with E-state index in [1.54, 1.807) is 60.8 Å². The van der Waals surface area contributed by atoms with Crippen LogP contribution in [0.2, 0.25) is 0 Å². The number of piperidine rings is 1. The molecule has 4 bridgehead atoms. The van der Waals surface area contributed by atoms with Crippen LogP contribution >= 0.6 is 0 Å². The quantitative estimate of drug-likeness (QED) is 0.0630. The first-order chi connectivity index (χ1) is 38.3. The molecule has 0 spiro atoms. The summed E-state index contributed by atoms with van der Waals surface area (Å²) >= 11 is 0. The van der Waals surface area contributed by atoms with E-state index in [0.29, 0.717) is 61.7 Å². The number of hydrogen-bond donors (Lipinski definition) is 3. The van der Waals surface area contributed by atoms with Crippen molar-refractivity contribution in [1.82, 2.24) is 4.90 Å². The van der Waals surface area contributed by atoms with Gasteiger partial charge in [-0.05, 0) is 145 Å². The number of ketones is 2. The van der Waals surface area contributed by atoms with Gasteiger partial charge in [0.1, 0.15) is 30.1 Å². The number of hydrogen-bond acceptors (Lipinski definition) is 16. The average molecular weight is 1140 g/mol. The number of methoxy groups -OCH3 is 3. The molecule has 452 valence electrons. The van der Waals surface area contributed by atoms with Gasteiger partial charge in [0.05, 0.1) is 49.5 Å². The lowest BCUT2D eigenvalue weighted by atomic mass is 9.53.